The molecule has 0 amide bonds. The predicted molar refractivity (Wildman–Crippen MR) is 82.6 cm³/mol. The van der Waals surface area contributed by atoms with E-state index in [1.54, 1.807) is 0 Å². The molecular formula is C15H20BrNO4. The molecule has 1 unspecified atom stereocenters. The summed E-state index contributed by atoms with van der Waals surface area (Å²) in [6.07, 6.45) is 0. The summed E-state index contributed by atoms with van der Waals surface area (Å²) in [6, 6.07) is 3.49. The molecule has 0 spiro atoms. The van der Waals surface area contributed by atoms with Crippen LogP contribution in [0.1, 0.15) is 19.4 Å². The van der Waals surface area contributed by atoms with E-state index in [-0.39, 0.29) is 17.9 Å². The van der Waals surface area contributed by atoms with Crippen LogP contribution in [0.3, 0.4) is 0 Å². The van der Waals surface area contributed by atoms with Gasteiger partial charge in [0.15, 0.2) is 11.5 Å². The molecule has 1 aliphatic rings. The average molecular weight is 358 g/mol. The molecule has 0 saturated carbocycles. The molecule has 0 aromatic heterocycles. The Bertz CT molecular complexity index is 519. The molecule has 0 radical (unpaired) electrons. The Labute approximate surface area is 133 Å². The normalized spacial score (nSPS) is 14.9. The lowest BCUT2D eigenvalue weighted by Gasteiger charge is -2.22. The zero-order valence-corrected chi connectivity index (χ0v) is 14.0. The van der Waals surface area contributed by atoms with Crippen molar-refractivity contribution in [3.63, 3.8) is 0 Å². The van der Waals surface area contributed by atoms with Gasteiger partial charge in [0.25, 0.3) is 0 Å². The third-order valence-electron chi connectivity index (χ3n) is 3.35. The molecule has 1 N–H and O–H groups in total. The van der Waals surface area contributed by atoms with Crippen molar-refractivity contribution in [3.05, 3.63) is 22.2 Å². The number of hydrogen-bond acceptors (Lipinski definition) is 5. The highest BCUT2D eigenvalue weighted by Gasteiger charge is 2.23. The van der Waals surface area contributed by atoms with Crippen LogP contribution in [0.5, 0.6) is 11.5 Å². The van der Waals surface area contributed by atoms with Gasteiger partial charge in [0.2, 0.25) is 0 Å². The van der Waals surface area contributed by atoms with E-state index in [2.05, 4.69) is 21.2 Å². The number of halogens is 1. The molecule has 1 heterocycles. The third-order valence-corrected chi connectivity index (χ3v) is 4.08. The first-order chi connectivity index (χ1) is 10.0. The number of ether oxygens (including phenoxy) is 3. The molecule has 5 nitrogen and oxygen atoms in total. The molecule has 0 saturated heterocycles. The van der Waals surface area contributed by atoms with Crippen molar-refractivity contribution in [1.82, 2.24) is 5.32 Å². The van der Waals surface area contributed by atoms with Gasteiger partial charge in [0.1, 0.15) is 19.3 Å². The number of benzene rings is 1. The quantitative estimate of drug-likeness (QED) is 0.820. The molecule has 0 aliphatic carbocycles. The summed E-state index contributed by atoms with van der Waals surface area (Å²) in [5.74, 6) is 1.37. The van der Waals surface area contributed by atoms with E-state index in [9.17, 15) is 4.79 Å². The van der Waals surface area contributed by atoms with Crippen molar-refractivity contribution in [2.75, 3.05) is 20.3 Å². The zero-order chi connectivity index (χ0) is 15.4. The summed E-state index contributed by atoms with van der Waals surface area (Å²) in [7, 11) is 1.40. The van der Waals surface area contributed by atoms with Crippen LogP contribution >= 0.6 is 15.9 Å². The standard InChI is InChI=1S/C15H20BrNO4/c1-9(2)14(15(18)19-3)17-8-10-6-12-13(7-11(10)16)21-5-4-20-12/h6-7,9,14,17H,4-5,8H2,1-3H3. The van der Waals surface area contributed by atoms with E-state index in [4.69, 9.17) is 14.2 Å². The summed E-state index contributed by atoms with van der Waals surface area (Å²) in [5.41, 5.74) is 1.01. The fourth-order valence-electron chi connectivity index (χ4n) is 2.18. The maximum absolute atomic E-state index is 11.8. The van der Waals surface area contributed by atoms with Gasteiger partial charge in [-0.15, -0.1) is 0 Å². The van der Waals surface area contributed by atoms with Crippen molar-refractivity contribution in [3.8, 4) is 11.5 Å². The lowest BCUT2D eigenvalue weighted by atomic mass is 10.0. The third kappa shape index (κ3) is 3.89. The van der Waals surface area contributed by atoms with Gasteiger partial charge in [-0.2, -0.15) is 0 Å². The minimum Gasteiger partial charge on any atom is -0.486 e. The molecule has 0 fully saturated rings. The zero-order valence-electron chi connectivity index (χ0n) is 12.4. The van der Waals surface area contributed by atoms with Crippen molar-refractivity contribution in [1.29, 1.82) is 0 Å². The lowest BCUT2D eigenvalue weighted by Crippen LogP contribution is -2.41. The first-order valence-electron chi connectivity index (χ1n) is 6.92. The van der Waals surface area contributed by atoms with Gasteiger partial charge in [-0.3, -0.25) is 4.79 Å². The van der Waals surface area contributed by atoms with Gasteiger partial charge in [0.05, 0.1) is 7.11 Å². The summed E-state index contributed by atoms with van der Waals surface area (Å²) < 4.78 is 16.9. The van der Waals surface area contributed by atoms with E-state index in [0.29, 0.717) is 19.8 Å². The Hall–Kier alpha value is -1.27. The molecule has 6 heteroatoms. The molecule has 1 aliphatic heterocycles. The van der Waals surface area contributed by atoms with Gasteiger partial charge < -0.3 is 19.5 Å². The number of hydrogen-bond donors (Lipinski definition) is 1. The molecule has 1 aromatic carbocycles. The first-order valence-corrected chi connectivity index (χ1v) is 7.71. The molecule has 0 bridgehead atoms. The lowest BCUT2D eigenvalue weighted by molar-refractivity contribution is -0.144. The molecule has 1 atom stereocenters. The summed E-state index contributed by atoms with van der Waals surface area (Å²) in [5, 5.41) is 3.23. The summed E-state index contributed by atoms with van der Waals surface area (Å²) >= 11 is 3.52. The van der Waals surface area contributed by atoms with Gasteiger partial charge in [-0.05, 0) is 23.6 Å². The average Bonchev–Trinajstić information content (AvgIpc) is 2.47. The van der Waals surface area contributed by atoms with Crippen molar-refractivity contribution in [2.24, 2.45) is 5.92 Å². The van der Waals surface area contributed by atoms with Gasteiger partial charge in [-0.25, -0.2) is 0 Å². The Balaban J connectivity index is 2.10. The van der Waals surface area contributed by atoms with Crippen LogP contribution in [0, 0.1) is 5.92 Å². The highest BCUT2D eigenvalue weighted by Crippen LogP contribution is 2.35. The maximum atomic E-state index is 11.8. The molecule has 116 valence electrons. The van der Waals surface area contributed by atoms with E-state index in [1.807, 2.05) is 26.0 Å². The fraction of sp³-hybridized carbons (Fsp3) is 0.533. The highest BCUT2D eigenvalue weighted by molar-refractivity contribution is 9.10. The van der Waals surface area contributed by atoms with Crippen LogP contribution in [-0.2, 0) is 16.1 Å². The molecule has 1 aromatic rings. The SMILES string of the molecule is COC(=O)C(NCc1cc2c(cc1Br)OCCO2)C(C)C. The Morgan fingerprint density at radius 2 is 1.95 bits per heavy atom. The molecule has 21 heavy (non-hydrogen) atoms. The maximum Gasteiger partial charge on any atom is 0.323 e. The monoisotopic (exact) mass is 357 g/mol. The highest BCUT2D eigenvalue weighted by atomic mass is 79.9. The van der Waals surface area contributed by atoms with Crippen LogP contribution in [0.4, 0.5) is 0 Å². The van der Waals surface area contributed by atoms with Crippen LogP contribution in [0.15, 0.2) is 16.6 Å². The minimum atomic E-state index is -0.338. The van der Waals surface area contributed by atoms with Crippen molar-refractivity contribution >= 4 is 21.9 Å². The molecular weight excluding hydrogens is 338 g/mol. The number of carbonyl (C=O) groups is 1. The fourth-order valence-corrected chi connectivity index (χ4v) is 2.64. The Kier molecular flexibility index (Phi) is 5.47. The van der Waals surface area contributed by atoms with Crippen LogP contribution in [0.2, 0.25) is 0 Å². The summed E-state index contributed by atoms with van der Waals surface area (Å²) in [6.45, 7) is 5.61. The van der Waals surface area contributed by atoms with Crippen molar-refractivity contribution < 1.29 is 19.0 Å². The van der Waals surface area contributed by atoms with Crippen LogP contribution < -0.4 is 14.8 Å². The van der Waals surface area contributed by atoms with Crippen LogP contribution in [-0.4, -0.2) is 32.3 Å². The second-order valence-electron chi connectivity index (χ2n) is 5.21. The van der Waals surface area contributed by atoms with E-state index >= 15 is 0 Å². The van der Waals surface area contributed by atoms with E-state index in [0.717, 1.165) is 21.5 Å². The van der Waals surface area contributed by atoms with Gasteiger partial charge in [-0.1, -0.05) is 29.8 Å². The largest absolute Gasteiger partial charge is 0.486 e. The number of fused-ring (bicyclic) bond motifs is 1. The number of carbonyl (C=O) groups excluding carboxylic acids is 1. The predicted octanol–water partition coefficient (Wildman–Crippen LogP) is 2.51. The number of methoxy groups -OCH3 is 1. The second-order valence-corrected chi connectivity index (χ2v) is 6.07. The minimum absolute atomic E-state index is 0.147. The number of esters is 1. The van der Waals surface area contributed by atoms with Gasteiger partial charge >= 0.3 is 5.97 Å². The van der Waals surface area contributed by atoms with E-state index in [1.165, 1.54) is 7.11 Å². The molecule has 2 rings (SSSR count). The Morgan fingerprint density at radius 3 is 2.52 bits per heavy atom. The number of nitrogens with one attached hydrogen (secondary N) is 1. The van der Waals surface area contributed by atoms with E-state index < -0.39 is 0 Å². The first kappa shape index (κ1) is 16.1. The Morgan fingerprint density at radius 1 is 1.33 bits per heavy atom. The van der Waals surface area contributed by atoms with Crippen molar-refractivity contribution in [2.45, 2.75) is 26.4 Å². The smallest absolute Gasteiger partial charge is 0.323 e. The van der Waals surface area contributed by atoms with Gasteiger partial charge in [0, 0.05) is 11.0 Å². The topological polar surface area (TPSA) is 56.8 Å². The summed E-state index contributed by atoms with van der Waals surface area (Å²) in [4.78, 5) is 11.8. The number of rotatable bonds is 5. The second kappa shape index (κ2) is 7.13. The van der Waals surface area contributed by atoms with Crippen LogP contribution in [0.25, 0.3) is 0 Å².